The molecule has 3 unspecified atom stereocenters. The van der Waals surface area contributed by atoms with Crippen molar-refractivity contribution < 1.29 is 9.47 Å². The van der Waals surface area contributed by atoms with Crippen LogP contribution in [0.25, 0.3) is 0 Å². The van der Waals surface area contributed by atoms with E-state index < -0.39 is 0 Å². The predicted octanol–water partition coefficient (Wildman–Crippen LogP) is 1.40. The zero-order valence-corrected chi connectivity index (χ0v) is 17.4. The summed E-state index contributed by atoms with van der Waals surface area (Å²) >= 11 is 0. The monoisotopic (exact) mass is 452 g/mol. The van der Waals surface area contributed by atoms with Crippen LogP contribution in [0, 0.1) is 5.92 Å². The SMILES string of the molecule is CCNC(=NCC1CCN(C)C1)N1CCOC(C2CCCO2)C1.I. The van der Waals surface area contributed by atoms with E-state index in [1.165, 1.54) is 19.5 Å². The van der Waals surface area contributed by atoms with Crippen LogP contribution in [0.3, 0.4) is 0 Å². The summed E-state index contributed by atoms with van der Waals surface area (Å²) in [5, 5.41) is 3.46. The number of nitrogens with zero attached hydrogens (tertiary/aromatic N) is 3. The van der Waals surface area contributed by atoms with Crippen LogP contribution in [-0.2, 0) is 9.47 Å². The molecule has 3 atom stereocenters. The second-order valence-electron chi connectivity index (χ2n) is 7.02. The van der Waals surface area contributed by atoms with Gasteiger partial charge in [0.15, 0.2) is 5.96 Å². The lowest BCUT2D eigenvalue weighted by Gasteiger charge is -2.37. The lowest BCUT2D eigenvalue weighted by molar-refractivity contribution is -0.0817. The molecule has 1 N–H and O–H groups in total. The third kappa shape index (κ3) is 5.44. The number of rotatable bonds is 4. The van der Waals surface area contributed by atoms with Crippen LogP contribution in [0.2, 0.25) is 0 Å². The minimum absolute atomic E-state index is 0. The van der Waals surface area contributed by atoms with E-state index in [0.29, 0.717) is 5.92 Å². The van der Waals surface area contributed by atoms with Gasteiger partial charge in [-0.1, -0.05) is 0 Å². The first-order chi connectivity index (χ1) is 11.3. The highest BCUT2D eigenvalue weighted by molar-refractivity contribution is 14.0. The largest absolute Gasteiger partial charge is 0.375 e. The van der Waals surface area contributed by atoms with Gasteiger partial charge in [-0.25, -0.2) is 0 Å². The smallest absolute Gasteiger partial charge is 0.194 e. The first-order valence-corrected chi connectivity index (χ1v) is 9.21. The average Bonchev–Trinajstić information content (AvgIpc) is 3.23. The van der Waals surface area contributed by atoms with Gasteiger partial charge in [-0.2, -0.15) is 0 Å². The average molecular weight is 452 g/mol. The van der Waals surface area contributed by atoms with Crippen molar-refractivity contribution in [2.24, 2.45) is 10.9 Å². The number of hydrogen-bond acceptors (Lipinski definition) is 4. The molecule has 140 valence electrons. The summed E-state index contributed by atoms with van der Waals surface area (Å²) < 4.78 is 11.8. The molecule has 3 heterocycles. The van der Waals surface area contributed by atoms with E-state index in [9.17, 15) is 0 Å². The van der Waals surface area contributed by atoms with E-state index in [1.54, 1.807) is 0 Å². The lowest BCUT2D eigenvalue weighted by atomic mass is 10.1. The fraction of sp³-hybridized carbons (Fsp3) is 0.941. The van der Waals surface area contributed by atoms with E-state index in [-0.39, 0.29) is 36.2 Å². The summed E-state index contributed by atoms with van der Waals surface area (Å²) in [5.74, 6) is 1.75. The van der Waals surface area contributed by atoms with Crippen molar-refractivity contribution in [3.05, 3.63) is 0 Å². The molecule has 0 spiro atoms. The maximum absolute atomic E-state index is 5.96. The van der Waals surface area contributed by atoms with Crippen molar-refractivity contribution in [1.29, 1.82) is 0 Å². The van der Waals surface area contributed by atoms with Crippen LogP contribution in [0.5, 0.6) is 0 Å². The molecule has 0 amide bonds. The summed E-state index contributed by atoms with van der Waals surface area (Å²) in [4.78, 5) is 9.68. The fourth-order valence-electron chi connectivity index (χ4n) is 3.81. The number of ether oxygens (including phenoxy) is 2. The fourth-order valence-corrected chi connectivity index (χ4v) is 3.81. The number of aliphatic imine (C=N–C) groups is 1. The molecule has 0 bridgehead atoms. The van der Waals surface area contributed by atoms with Gasteiger partial charge in [0.05, 0.1) is 12.7 Å². The highest BCUT2D eigenvalue weighted by Gasteiger charge is 2.32. The molecule has 7 heteroatoms. The second kappa shape index (κ2) is 10.1. The van der Waals surface area contributed by atoms with Crippen molar-refractivity contribution in [3.63, 3.8) is 0 Å². The Balaban J connectivity index is 0.00000208. The topological polar surface area (TPSA) is 49.3 Å². The minimum atomic E-state index is 0. The highest BCUT2D eigenvalue weighted by Crippen LogP contribution is 2.21. The van der Waals surface area contributed by atoms with E-state index >= 15 is 0 Å². The van der Waals surface area contributed by atoms with Crippen LogP contribution in [0.15, 0.2) is 4.99 Å². The molecule has 0 aliphatic carbocycles. The van der Waals surface area contributed by atoms with Crippen LogP contribution in [0.1, 0.15) is 26.2 Å². The molecule has 3 fully saturated rings. The van der Waals surface area contributed by atoms with Crippen molar-refractivity contribution in [2.75, 3.05) is 59.5 Å². The molecule has 3 saturated heterocycles. The van der Waals surface area contributed by atoms with Gasteiger partial charge in [0.25, 0.3) is 0 Å². The zero-order valence-electron chi connectivity index (χ0n) is 15.1. The molecule has 3 rings (SSSR count). The van der Waals surface area contributed by atoms with E-state index in [0.717, 1.165) is 58.2 Å². The quantitative estimate of drug-likeness (QED) is 0.397. The third-order valence-corrected chi connectivity index (χ3v) is 5.10. The Kier molecular flexibility index (Phi) is 8.53. The van der Waals surface area contributed by atoms with E-state index in [1.807, 2.05) is 0 Å². The Hall–Kier alpha value is -0.120. The predicted molar refractivity (Wildman–Crippen MR) is 107 cm³/mol. The number of guanidine groups is 1. The van der Waals surface area contributed by atoms with Crippen molar-refractivity contribution in [3.8, 4) is 0 Å². The Morgan fingerprint density at radius 3 is 2.62 bits per heavy atom. The van der Waals surface area contributed by atoms with Crippen LogP contribution >= 0.6 is 24.0 Å². The van der Waals surface area contributed by atoms with E-state index in [2.05, 4.69) is 29.1 Å². The molecule has 0 aromatic carbocycles. The highest BCUT2D eigenvalue weighted by atomic mass is 127. The zero-order chi connectivity index (χ0) is 16.1. The van der Waals surface area contributed by atoms with Gasteiger partial charge in [-0.15, -0.1) is 24.0 Å². The molecule has 0 aromatic heterocycles. The number of halogens is 1. The molecule has 24 heavy (non-hydrogen) atoms. The van der Waals surface area contributed by atoms with Gasteiger partial charge in [0.1, 0.15) is 6.10 Å². The molecule has 6 nitrogen and oxygen atoms in total. The van der Waals surface area contributed by atoms with Gasteiger partial charge >= 0.3 is 0 Å². The number of hydrogen-bond donors (Lipinski definition) is 1. The summed E-state index contributed by atoms with van der Waals surface area (Å²) in [5.41, 5.74) is 0. The number of nitrogens with one attached hydrogen (secondary N) is 1. The molecule has 0 aromatic rings. The first-order valence-electron chi connectivity index (χ1n) is 9.21. The number of morpholine rings is 1. The van der Waals surface area contributed by atoms with Gasteiger partial charge in [0.2, 0.25) is 0 Å². The molecular formula is C17H33IN4O2. The summed E-state index contributed by atoms with van der Waals surface area (Å²) in [6.07, 6.45) is 4.01. The molecule has 0 radical (unpaired) electrons. The van der Waals surface area contributed by atoms with Crippen molar-refractivity contribution in [1.82, 2.24) is 15.1 Å². The molecule has 3 aliphatic rings. The normalized spacial score (nSPS) is 32.0. The summed E-state index contributed by atoms with van der Waals surface area (Å²) in [7, 11) is 2.20. The first kappa shape index (κ1) is 20.2. The van der Waals surface area contributed by atoms with Crippen LogP contribution < -0.4 is 5.32 Å². The Morgan fingerprint density at radius 1 is 1.12 bits per heavy atom. The van der Waals surface area contributed by atoms with Crippen molar-refractivity contribution in [2.45, 2.75) is 38.4 Å². The van der Waals surface area contributed by atoms with Gasteiger partial charge in [0, 0.05) is 39.3 Å². The maximum Gasteiger partial charge on any atom is 0.194 e. The molecular weight excluding hydrogens is 419 g/mol. The van der Waals surface area contributed by atoms with Crippen molar-refractivity contribution >= 4 is 29.9 Å². The van der Waals surface area contributed by atoms with Crippen LogP contribution in [-0.4, -0.2) is 87.5 Å². The van der Waals surface area contributed by atoms with Gasteiger partial charge in [-0.05, 0) is 45.7 Å². The second-order valence-corrected chi connectivity index (χ2v) is 7.02. The summed E-state index contributed by atoms with van der Waals surface area (Å²) in [6, 6.07) is 0. The Morgan fingerprint density at radius 2 is 1.96 bits per heavy atom. The molecule has 3 aliphatic heterocycles. The van der Waals surface area contributed by atoms with Gasteiger partial charge < -0.3 is 24.6 Å². The van der Waals surface area contributed by atoms with Crippen LogP contribution in [0.4, 0.5) is 0 Å². The Labute approximate surface area is 163 Å². The van der Waals surface area contributed by atoms with Gasteiger partial charge in [-0.3, -0.25) is 4.99 Å². The number of likely N-dealkylation sites (tertiary alicyclic amines) is 1. The summed E-state index contributed by atoms with van der Waals surface area (Å²) in [6.45, 7) is 9.80. The lowest BCUT2D eigenvalue weighted by Crippen LogP contribution is -2.53. The standard InChI is InChI=1S/C17H32N4O2.HI/c1-3-18-17(19-11-14-6-7-20(2)12-14)21-8-10-23-16(13-21)15-5-4-9-22-15;/h14-16H,3-13H2,1-2H3,(H,18,19);1H. The Bertz CT molecular complexity index is 404. The molecule has 0 saturated carbocycles. The minimum Gasteiger partial charge on any atom is -0.375 e. The maximum atomic E-state index is 5.96. The van der Waals surface area contributed by atoms with E-state index in [4.69, 9.17) is 14.5 Å². The third-order valence-electron chi connectivity index (χ3n) is 5.10.